The van der Waals surface area contributed by atoms with Gasteiger partial charge in [0.15, 0.2) is 0 Å². The molecule has 3 aromatic rings. The summed E-state index contributed by atoms with van der Waals surface area (Å²) in [5.41, 5.74) is 2.48. The second-order valence-electron chi connectivity index (χ2n) is 9.14. The first-order valence-electron chi connectivity index (χ1n) is 12.0. The van der Waals surface area contributed by atoms with E-state index in [4.69, 9.17) is 9.26 Å². The molecule has 0 N–H and O–H groups in total. The Hall–Kier alpha value is -3.16. The summed E-state index contributed by atoms with van der Waals surface area (Å²) in [4.78, 5) is 15.2. The molecule has 1 atom stereocenters. The van der Waals surface area contributed by atoms with E-state index < -0.39 is 0 Å². The lowest BCUT2D eigenvalue weighted by molar-refractivity contribution is 0.0703. The molecule has 1 aromatic carbocycles. The summed E-state index contributed by atoms with van der Waals surface area (Å²) >= 11 is 0. The molecule has 4 heterocycles. The number of aryl methyl sites for hydroxylation is 3. The van der Waals surface area contributed by atoms with E-state index in [-0.39, 0.29) is 11.8 Å². The van der Waals surface area contributed by atoms with E-state index in [1.165, 1.54) is 19.3 Å². The van der Waals surface area contributed by atoms with E-state index in [1.807, 2.05) is 43.0 Å². The number of aromatic nitrogens is 4. The molecule has 174 valence electrons. The Labute approximate surface area is 193 Å². The largest absolute Gasteiger partial charge is 0.489 e. The van der Waals surface area contributed by atoms with Gasteiger partial charge >= 0.3 is 0 Å². The van der Waals surface area contributed by atoms with Gasteiger partial charge in [-0.15, -0.1) is 10.2 Å². The fraction of sp³-hybridized carbons (Fsp3) is 0.520. The van der Waals surface area contributed by atoms with Gasteiger partial charge in [-0.3, -0.25) is 4.79 Å². The van der Waals surface area contributed by atoms with Crippen LogP contribution in [0.25, 0.3) is 0 Å². The van der Waals surface area contributed by atoms with E-state index >= 15 is 0 Å². The average molecular weight is 450 g/mol. The van der Waals surface area contributed by atoms with Crippen molar-refractivity contribution in [2.24, 2.45) is 0 Å². The minimum absolute atomic E-state index is 0.0626. The van der Waals surface area contributed by atoms with Crippen LogP contribution in [0.1, 0.15) is 77.0 Å². The molecule has 1 fully saturated rings. The molecule has 5 rings (SSSR count). The van der Waals surface area contributed by atoms with Gasteiger partial charge in [-0.05, 0) is 63.8 Å². The number of piperidine rings is 1. The van der Waals surface area contributed by atoms with Crippen molar-refractivity contribution in [2.45, 2.75) is 71.4 Å². The number of hydrogen-bond acceptors (Lipinski definition) is 6. The molecule has 1 amide bonds. The van der Waals surface area contributed by atoms with Crippen LogP contribution in [0.3, 0.4) is 0 Å². The van der Waals surface area contributed by atoms with Crippen LogP contribution in [0.4, 0.5) is 0 Å². The Kier molecular flexibility index (Phi) is 6.15. The molecule has 2 aliphatic heterocycles. The van der Waals surface area contributed by atoms with Gasteiger partial charge in [-0.2, -0.15) is 0 Å². The topological polar surface area (TPSA) is 86.3 Å². The number of amides is 1. The Morgan fingerprint density at radius 2 is 1.94 bits per heavy atom. The standard InChI is InChI=1S/C25H31N5O3/c1-17-22(18(2)33-28-17)16-32-21-11-9-19(10-12-21)25(31)29-13-6-7-20(15-29)24-27-26-23-8-4-3-5-14-30(23)24/h9-12,20H,3-8,13-16H2,1-2H3. The van der Waals surface area contributed by atoms with Crippen LogP contribution in [0.5, 0.6) is 5.75 Å². The van der Waals surface area contributed by atoms with Gasteiger partial charge in [-0.1, -0.05) is 11.6 Å². The van der Waals surface area contributed by atoms with Crippen molar-refractivity contribution in [3.63, 3.8) is 0 Å². The first-order valence-corrected chi connectivity index (χ1v) is 12.0. The molecule has 0 aliphatic carbocycles. The van der Waals surface area contributed by atoms with Crippen LogP contribution < -0.4 is 4.74 Å². The highest BCUT2D eigenvalue weighted by Gasteiger charge is 2.30. The third-order valence-corrected chi connectivity index (χ3v) is 6.88. The summed E-state index contributed by atoms with van der Waals surface area (Å²) in [6, 6.07) is 7.39. The predicted molar refractivity (Wildman–Crippen MR) is 122 cm³/mol. The molecule has 33 heavy (non-hydrogen) atoms. The van der Waals surface area contributed by atoms with Crippen molar-refractivity contribution >= 4 is 5.91 Å². The van der Waals surface area contributed by atoms with Gasteiger partial charge in [0.25, 0.3) is 5.91 Å². The number of nitrogens with zero attached hydrogens (tertiary/aromatic N) is 5. The zero-order valence-electron chi connectivity index (χ0n) is 19.4. The molecule has 1 saturated heterocycles. The quantitative estimate of drug-likeness (QED) is 0.580. The van der Waals surface area contributed by atoms with Crippen molar-refractivity contribution in [1.82, 2.24) is 24.8 Å². The minimum Gasteiger partial charge on any atom is -0.489 e. The van der Waals surface area contributed by atoms with Crippen molar-refractivity contribution in [3.8, 4) is 5.75 Å². The zero-order valence-corrected chi connectivity index (χ0v) is 19.4. The fourth-order valence-electron chi connectivity index (χ4n) is 4.92. The lowest BCUT2D eigenvalue weighted by Gasteiger charge is -2.32. The zero-order chi connectivity index (χ0) is 22.8. The SMILES string of the molecule is Cc1noc(C)c1COc1ccc(C(=O)N2CCCC(c3nnc4n3CCCCC4)C2)cc1. The second kappa shape index (κ2) is 9.37. The molecular weight excluding hydrogens is 418 g/mol. The number of likely N-dealkylation sites (tertiary alicyclic amines) is 1. The highest BCUT2D eigenvalue weighted by molar-refractivity contribution is 5.94. The molecule has 2 aromatic heterocycles. The Morgan fingerprint density at radius 1 is 1.09 bits per heavy atom. The normalized spacial score (nSPS) is 18.6. The average Bonchev–Trinajstić information content (AvgIpc) is 3.30. The molecule has 0 spiro atoms. The van der Waals surface area contributed by atoms with Crippen molar-refractivity contribution in [2.75, 3.05) is 13.1 Å². The number of hydrogen-bond donors (Lipinski definition) is 0. The van der Waals surface area contributed by atoms with Crippen LogP contribution in [-0.4, -0.2) is 43.8 Å². The second-order valence-corrected chi connectivity index (χ2v) is 9.14. The first kappa shape index (κ1) is 21.7. The van der Waals surface area contributed by atoms with E-state index in [1.54, 1.807) is 0 Å². The maximum atomic E-state index is 13.2. The van der Waals surface area contributed by atoms with Crippen LogP contribution in [0, 0.1) is 13.8 Å². The fourth-order valence-corrected chi connectivity index (χ4v) is 4.92. The van der Waals surface area contributed by atoms with Crippen molar-refractivity contribution < 1.29 is 14.1 Å². The summed E-state index contributed by atoms with van der Waals surface area (Å²) in [6.45, 7) is 6.65. The van der Waals surface area contributed by atoms with Gasteiger partial charge in [0.05, 0.1) is 11.3 Å². The van der Waals surface area contributed by atoms with E-state index in [2.05, 4.69) is 19.9 Å². The molecule has 0 saturated carbocycles. The summed E-state index contributed by atoms with van der Waals surface area (Å²) in [6.07, 6.45) is 6.65. The van der Waals surface area contributed by atoms with E-state index in [0.29, 0.717) is 24.5 Å². The summed E-state index contributed by atoms with van der Waals surface area (Å²) < 4.78 is 13.4. The van der Waals surface area contributed by atoms with Gasteiger partial charge in [0.1, 0.15) is 29.8 Å². The molecule has 0 radical (unpaired) electrons. The Morgan fingerprint density at radius 3 is 2.73 bits per heavy atom. The Balaban J connectivity index is 1.23. The monoisotopic (exact) mass is 449 g/mol. The predicted octanol–water partition coefficient (Wildman–Crippen LogP) is 4.21. The van der Waals surface area contributed by atoms with Crippen LogP contribution in [0.2, 0.25) is 0 Å². The highest BCUT2D eigenvalue weighted by Crippen LogP contribution is 2.29. The summed E-state index contributed by atoms with van der Waals surface area (Å²) in [5, 5.41) is 13.0. The van der Waals surface area contributed by atoms with E-state index in [9.17, 15) is 4.79 Å². The third-order valence-electron chi connectivity index (χ3n) is 6.88. The molecule has 8 heteroatoms. The maximum Gasteiger partial charge on any atom is 0.253 e. The Bertz CT molecular complexity index is 1100. The van der Waals surface area contributed by atoms with E-state index in [0.717, 1.165) is 61.0 Å². The lowest BCUT2D eigenvalue weighted by atomic mass is 9.96. The molecular formula is C25H31N5O3. The van der Waals surface area contributed by atoms with Crippen molar-refractivity contribution in [1.29, 1.82) is 0 Å². The molecule has 1 unspecified atom stereocenters. The molecule has 2 aliphatic rings. The van der Waals surface area contributed by atoms with Gasteiger partial charge in [-0.25, -0.2) is 0 Å². The smallest absolute Gasteiger partial charge is 0.253 e. The lowest BCUT2D eigenvalue weighted by Crippen LogP contribution is -2.39. The number of carbonyl (C=O) groups excluding carboxylic acids is 1. The van der Waals surface area contributed by atoms with Gasteiger partial charge in [0, 0.05) is 37.5 Å². The molecule has 0 bridgehead atoms. The van der Waals surface area contributed by atoms with Crippen LogP contribution in [0.15, 0.2) is 28.8 Å². The number of fused-ring (bicyclic) bond motifs is 1. The number of carbonyl (C=O) groups is 1. The number of benzene rings is 1. The summed E-state index contributed by atoms with van der Waals surface area (Å²) in [7, 11) is 0. The highest BCUT2D eigenvalue weighted by atomic mass is 16.5. The number of rotatable bonds is 5. The maximum absolute atomic E-state index is 13.2. The minimum atomic E-state index is 0.0626. The number of ether oxygens (including phenoxy) is 1. The molecule has 8 nitrogen and oxygen atoms in total. The third kappa shape index (κ3) is 4.51. The van der Waals surface area contributed by atoms with Crippen LogP contribution >= 0.6 is 0 Å². The summed E-state index contributed by atoms with van der Waals surface area (Å²) in [5.74, 6) is 3.97. The first-order chi connectivity index (χ1) is 16.1. The van der Waals surface area contributed by atoms with Crippen LogP contribution in [-0.2, 0) is 19.6 Å². The van der Waals surface area contributed by atoms with Crippen molar-refractivity contribution in [3.05, 3.63) is 58.5 Å². The van der Waals surface area contributed by atoms with Gasteiger partial charge in [0.2, 0.25) is 0 Å². The van der Waals surface area contributed by atoms with Gasteiger partial charge < -0.3 is 18.7 Å².